The molecule has 3 aromatic rings. The third-order valence-electron chi connectivity index (χ3n) is 4.17. The van der Waals surface area contributed by atoms with Crippen molar-refractivity contribution < 1.29 is 17.9 Å². The average molecular weight is 429 g/mol. The summed E-state index contributed by atoms with van der Waals surface area (Å²) in [5, 5.41) is 3.14. The van der Waals surface area contributed by atoms with Crippen molar-refractivity contribution in [1.82, 2.24) is 14.7 Å². The maximum Gasteiger partial charge on any atom is 0.240 e. The number of anilines is 2. The van der Waals surface area contributed by atoms with Crippen LogP contribution in [-0.4, -0.2) is 38.6 Å². The fourth-order valence-electron chi connectivity index (χ4n) is 2.68. The molecule has 0 saturated heterocycles. The summed E-state index contributed by atoms with van der Waals surface area (Å²) in [6.45, 7) is 4.34. The van der Waals surface area contributed by atoms with Gasteiger partial charge in [-0.25, -0.2) is 18.1 Å². The monoisotopic (exact) mass is 428 g/mol. The van der Waals surface area contributed by atoms with E-state index in [-0.39, 0.29) is 11.4 Å². The van der Waals surface area contributed by atoms with Crippen LogP contribution < -0.4 is 14.8 Å². The maximum atomic E-state index is 12.2. The molecular formula is C21H24N4O4S. The van der Waals surface area contributed by atoms with E-state index >= 15 is 0 Å². The summed E-state index contributed by atoms with van der Waals surface area (Å²) in [6, 6.07) is 13.7. The van der Waals surface area contributed by atoms with E-state index in [1.807, 2.05) is 26.0 Å². The summed E-state index contributed by atoms with van der Waals surface area (Å²) in [5.74, 6) is 1.86. The third-order valence-corrected chi connectivity index (χ3v) is 5.65. The van der Waals surface area contributed by atoms with Gasteiger partial charge in [0.25, 0.3) is 0 Å². The average Bonchev–Trinajstić information content (AvgIpc) is 2.71. The Morgan fingerprint density at radius 3 is 2.50 bits per heavy atom. The molecule has 0 bridgehead atoms. The first-order chi connectivity index (χ1) is 14.4. The Morgan fingerprint density at radius 1 is 1.03 bits per heavy atom. The first-order valence-corrected chi connectivity index (χ1v) is 10.8. The maximum absolute atomic E-state index is 12.2. The second-order valence-electron chi connectivity index (χ2n) is 6.55. The molecule has 1 aromatic carbocycles. The van der Waals surface area contributed by atoms with E-state index in [0.29, 0.717) is 29.6 Å². The molecule has 0 fully saturated rings. The lowest BCUT2D eigenvalue weighted by molar-refractivity contribution is 0.204. The lowest BCUT2D eigenvalue weighted by atomic mass is 10.3. The molecule has 9 heteroatoms. The summed E-state index contributed by atoms with van der Waals surface area (Å²) in [4.78, 5) is 8.85. The van der Waals surface area contributed by atoms with Crippen LogP contribution in [0.1, 0.15) is 11.4 Å². The van der Waals surface area contributed by atoms with Crippen LogP contribution in [0.15, 0.2) is 59.6 Å². The zero-order valence-corrected chi connectivity index (χ0v) is 17.9. The number of hydrogen-bond donors (Lipinski definition) is 2. The fraction of sp³-hybridized carbons (Fsp3) is 0.238. The zero-order chi connectivity index (χ0) is 21.6. The Morgan fingerprint density at radius 2 is 1.80 bits per heavy atom. The van der Waals surface area contributed by atoms with Gasteiger partial charge in [0.05, 0.1) is 17.2 Å². The number of aromatic nitrogens is 2. The highest BCUT2D eigenvalue weighted by molar-refractivity contribution is 7.89. The van der Waals surface area contributed by atoms with Gasteiger partial charge in [-0.05, 0) is 56.3 Å². The number of nitrogens with one attached hydrogen (secondary N) is 2. The lowest BCUT2D eigenvalue weighted by Crippen LogP contribution is -2.27. The van der Waals surface area contributed by atoms with Crippen molar-refractivity contribution in [3.63, 3.8) is 0 Å². The van der Waals surface area contributed by atoms with Gasteiger partial charge in [0, 0.05) is 37.3 Å². The van der Waals surface area contributed by atoms with Gasteiger partial charge < -0.3 is 14.8 Å². The minimum atomic E-state index is -3.57. The van der Waals surface area contributed by atoms with Crippen LogP contribution in [0.5, 0.6) is 11.5 Å². The van der Waals surface area contributed by atoms with Gasteiger partial charge in [-0.1, -0.05) is 0 Å². The van der Waals surface area contributed by atoms with E-state index in [9.17, 15) is 8.42 Å². The molecule has 2 aromatic heterocycles. The van der Waals surface area contributed by atoms with Gasteiger partial charge in [0.1, 0.15) is 17.3 Å². The summed E-state index contributed by atoms with van der Waals surface area (Å²) >= 11 is 0. The van der Waals surface area contributed by atoms with Crippen LogP contribution in [0.4, 0.5) is 11.5 Å². The van der Waals surface area contributed by atoms with Gasteiger partial charge >= 0.3 is 0 Å². The van der Waals surface area contributed by atoms with Crippen LogP contribution in [0.25, 0.3) is 0 Å². The highest BCUT2D eigenvalue weighted by Crippen LogP contribution is 2.26. The Labute approximate surface area is 176 Å². The van der Waals surface area contributed by atoms with E-state index in [1.54, 1.807) is 30.5 Å². The molecule has 2 heterocycles. The number of hydrogen-bond acceptors (Lipinski definition) is 7. The molecule has 0 spiro atoms. The van der Waals surface area contributed by atoms with E-state index in [1.165, 1.54) is 19.2 Å². The second kappa shape index (κ2) is 9.66. The number of pyridine rings is 2. The van der Waals surface area contributed by atoms with Crippen LogP contribution in [0.3, 0.4) is 0 Å². The molecule has 3 rings (SSSR count). The molecule has 0 atom stereocenters. The second-order valence-corrected chi connectivity index (χ2v) is 8.32. The van der Waals surface area contributed by atoms with Crippen LogP contribution in [0, 0.1) is 13.8 Å². The Hall–Kier alpha value is -3.01. The summed E-state index contributed by atoms with van der Waals surface area (Å²) < 4.78 is 37.7. The van der Waals surface area contributed by atoms with Crippen molar-refractivity contribution in [2.24, 2.45) is 0 Å². The molecule has 2 N–H and O–H groups in total. The summed E-state index contributed by atoms with van der Waals surface area (Å²) in [7, 11) is -2.05. The smallest absolute Gasteiger partial charge is 0.240 e. The topological polar surface area (TPSA) is 102 Å². The highest BCUT2D eigenvalue weighted by Gasteiger charge is 2.13. The molecular weight excluding hydrogens is 404 g/mol. The van der Waals surface area contributed by atoms with Crippen molar-refractivity contribution >= 4 is 21.5 Å². The minimum Gasteiger partial charge on any atom is -0.455 e. The molecule has 158 valence electrons. The van der Waals surface area contributed by atoms with Crippen molar-refractivity contribution in [3.8, 4) is 11.5 Å². The molecule has 0 amide bonds. The van der Waals surface area contributed by atoms with Gasteiger partial charge in [0.15, 0.2) is 0 Å². The molecule has 0 aliphatic heterocycles. The van der Waals surface area contributed by atoms with Gasteiger partial charge in [-0.15, -0.1) is 0 Å². The first-order valence-electron chi connectivity index (χ1n) is 9.31. The fourth-order valence-corrected chi connectivity index (χ4v) is 3.69. The number of benzene rings is 1. The molecule has 0 radical (unpaired) electrons. The molecule has 0 aliphatic carbocycles. The van der Waals surface area contributed by atoms with Crippen LogP contribution >= 0.6 is 0 Å². The van der Waals surface area contributed by atoms with E-state index in [4.69, 9.17) is 9.47 Å². The summed E-state index contributed by atoms with van der Waals surface area (Å²) in [5.41, 5.74) is 2.43. The molecule has 8 nitrogen and oxygen atoms in total. The number of ether oxygens (including phenoxy) is 2. The van der Waals surface area contributed by atoms with Crippen molar-refractivity contribution in [2.45, 2.75) is 18.7 Å². The summed E-state index contributed by atoms with van der Waals surface area (Å²) in [6.07, 6.45) is 1.63. The van der Waals surface area contributed by atoms with E-state index in [2.05, 4.69) is 20.0 Å². The van der Waals surface area contributed by atoms with E-state index < -0.39 is 10.0 Å². The first kappa shape index (κ1) is 21.7. The largest absolute Gasteiger partial charge is 0.455 e. The Bertz CT molecular complexity index is 1100. The number of aryl methyl sites for hydroxylation is 2. The normalized spacial score (nSPS) is 11.3. The van der Waals surface area contributed by atoms with Gasteiger partial charge in [-0.3, -0.25) is 4.98 Å². The molecule has 30 heavy (non-hydrogen) atoms. The molecule has 0 aliphatic rings. The van der Waals surface area contributed by atoms with Gasteiger partial charge in [0.2, 0.25) is 10.0 Å². The standard InChI is InChI=1S/C21H24N4O4S/c1-15-4-9-20(16(2)24-15)29-18-10-11-22-21(14-18)25-17-5-7-19(8-6-17)30(26,27)23-12-13-28-3/h4-11,14,23H,12-13H2,1-3H3,(H,22,25). The lowest BCUT2D eigenvalue weighted by Gasteiger charge is -2.11. The van der Waals surface area contributed by atoms with Crippen molar-refractivity contribution in [3.05, 3.63) is 66.1 Å². The predicted molar refractivity (Wildman–Crippen MR) is 115 cm³/mol. The number of methoxy groups -OCH3 is 1. The van der Waals surface area contributed by atoms with Gasteiger partial charge in [-0.2, -0.15) is 0 Å². The number of nitrogens with zero attached hydrogens (tertiary/aromatic N) is 2. The SMILES string of the molecule is COCCNS(=O)(=O)c1ccc(Nc2cc(Oc3ccc(C)nc3C)ccn2)cc1. The molecule has 0 saturated carbocycles. The highest BCUT2D eigenvalue weighted by atomic mass is 32.2. The van der Waals surface area contributed by atoms with Crippen molar-refractivity contribution in [2.75, 3.05) is 25.6 Å². The van der Waals surface area contributed by atoms with Crippen molar-refractivity contribution in [1.29, 1.82) is 0 Å². The van der Waals surface area contributed by atoms with Crippen LogP contribution in [0.2, 0.25) is 0 Å². The Kier molecular flexibility index (Phi) is 6.99. The van der Waals surface area contributed by atoms with Crippen LogP contribution in [-0.2, 0) is 14.8 Å². The third kappa shape index (κ3) is 5.76. The predicted octanol–water partition coefficient (Wildman–Crippen LogP) is 3.55. The quantitative estimate of drug-likeness (QED) is 0.503. The zero-order valence-electron chi connectivity index (χ0n) is 17.0. The Balaban J connectivity index is 1.69. The van der Waals surface area contributed by atoms with E-state index in [0.717, 1.165) is 11.4 Å². The minimum absolute atomic E-state index is 0.177. The number of rotatable bonds is 9. The molecule has 0 unspecified atom stereocenters. The number of sulfonamides is 1.